The number of hydrogen-bond acceptors (Lipinski definition) is 4. The molecule has 0 aliphatic heterocycles. The van der Waals surface area contributed by atoms with Crippen molar-refractivity contribution in [1.29, 1.82) is 0 Å². The fraction of sp³-hybridized carbons (Fsp3) is 0.462. The summed E-state index contributed by atoms with van der Waals surface area (Å²) in [6.45, 7) is 1.42. The van der Waals surface area contributed by atoms with Gasteiger partial charge in [0.1, 0.15) is 12.4 Å². The third kappa shape index (κ3) is 6.96. The molecule has 0 aliphatic rings. The van der Waals surface area contributed by atoms with Crippen molar-refractivity contribution >= 4 is 35.6 Å². The van der Waals surface area contributed by atoms with Crippen molar-refractivity contribution in [2.75, 3.05) is 32.2 Å². The summed E-state index contributed by atoms with van der Waals surface area (Å²) in [6, 6.07) is 5.12. The first-order chi connectivity index (χ1) is 9.17. The van der Waals surface area contributed by atoms with Gasteiger partial charge in [0.05, 0.1) is 11.6 Å². The summed E-state index contributed by atoms with van der Waals surface area (Å²) in [4.78, 5) is 11.5. The predicted molar refractivity (Wildman–Crippen MR) is 83.0 cm³/mol. The molecule has 0 saturated carbocycles. The van der Waals surface area contributed by atoms with Gasteiger partial charge in [0.2, 0.25) is 5.91 Å². The smallest absolute Gasteiger partial charge is 0.224 e. The van der Waals surface area contributed by atoms with Crippen LogP contribution in [0.15, 0.2) is 18.2 Å². The van der Waals surface area contributed by atoms with Gasteiger partial charge in [-0.1, -0.05) is 11.6 Å². The lowest BCUT2D eigenvalue weighted by atomic mass is 10.2. The topological polar surface area (TPSA) is 73.6 Å². The zero-order valence-electron chi connectivity index (χ0n) is 11.4. The largest absolute Gasteiger partial charge is 0.490 e. The summed E-state index contributed by atoms with van der Waals surface area (Å²) in [5, 5.41) is 3.20. The summed E-state index contributed by atoms with van der Waals surface area (Å²) in [7, 11) is 1.60. The van der Waals surface area contributed by atoms with Gasteiger partial charge in [-0.15, -0.1) is 12.4 Å². The van der Waals surface area contributed by atoms with Gasteiger partial charge in [-0.3, -0.25) is 4.79 Å². The van der Waals surface area contributed by atoms with Crippen LogP contribution in [0.3, 0.4) is 0 Å². The molecule has 20 heavy (non-hydrogen) atoms. The Labute approximate surface area is 130 Å². The molecule has 0 radical (unpaired) electrons. The summed E-state index contributed by atoms with van der Waals surface area (Å²) < 4.78 is 10.3. The van der Waals surface area contributed by atoms with E-state index in [0.29, 0.717) is 49.1 Å². The van der Waals surface area contributed by atoms with Crippen molar-refractivity contribution in [3.05, 3.63) is 23.2 Å². The lowest BCUT2D eigenvalue weighted by molar-refractivity contribution is -0.116. The Balaban J connectivity index is 0.00000361. The number of hydrogen-bond donors (Lipinski definition) is 2. The monoisotopic (exact) mass is 322 g/mol. The molecular weight excluding hydrogens is 303 g/mol. The number of nitrogens with two attached hydrogens (primary N) is 1. The molecule has 0 heterocycles. The van der Waals surface area contributed by atoms with E-state index in [1.54, 1.807) is 25.3 Å². The molecule has 114 valence electrons. The van der Waals surface area contributed by atoms with Crippen molar-refractivity contribution in [2.45, 2.75) is 12.8 Å². The van der Waals surface area contributed by atoms with E-state index in [9.17, 15) is 4.79 Å². The molecule has 0 fully saturated rings. The first kappa shape index (κ1) is 19.0. The zero-order chi connectivity index (χ0) is 14.1. The molecule has 0 atom stereocenters. The van der Waals surface area contributed by atoms with Crippen molar-refractivity contribution in [3.8, 4) is 5.75 Å². The minimum absolute atomic E-state index is 0. The van der Waals surface area contributed by atoms with E-state index in [2.05, 4.69) is 5.32 Å². The fourth-order valence-corrected chi connectivity index (χ4v) is 1.65. The Morgan fingerprint density at radius 1 is 1.40 bits per heavy atom. The van der Waals surface area contributed by atoms with E-state index in [-0.39, 0.29) is 18.3 Å². The zero-order valence-corrected chi connectivity index (χ0v) is 12.9. The number of ether oxygens (including phenoxy) is 2. The summed E-state index contributed by atoms with van der Waals surface area (Å²) in [5.41, 5.74) is 5.99. The SMILES string of the molecule is COCCOc1ccc(NC(=O)CCCN)cc1Cl.Cl. The summed E-state index contributed by atoms with van der Waals surface area (Å²) >= 11 is 6.06. The summed E-state index contributed by atoms with van der Waals surface area (Å²) in [5.74, 6) is 0.494. The van der Waals surface area contributed by atoms with Gasteiger partial charge in [0, 0.05) is 19.2 Å². The lowest BCUT2D eigenvalue weighted by Gasteiger charge is -2.10. The number of nitrogens with one attached hydrogen (secondary N) is 1. The van der Waals surface area contributed by atoms with E-state index in [1.807, 2.05) is 0 Å². The first-order valence-electron chi connectivity index (χ1n) is 6.08. The second kappa shape index (κ2) is 10.7. The van der Waals surface area contributed by atoms with Crippen molar-refractivity contribution in [1.82, 2.24) is 0 Å². The molecule has 3 N–H and O–H groups in total. The van der Waals surface area contributed by atoms with E-state index in [4.69, 9.17) is 26.8 Å². The quantitative estimate of drug-likeness (QED) is 0.721. The Bertz CT molecular complexity index is 417. The number of carbonyl (C=O) groups is 1. The number of methoxy groups -OCH3 is 1. The highest BCUT2D eigenvalue weighted by Crippen LogP contribution is 2.27. The van der Waals surface area contributed by atoms with Crippen LogP contribution in [-0.4, -0.2) is 32.8 Å². The van der Waals surface area contributed by atoms with Gasteiger partial charge in [0.25, 0.3) is 0 Å². The maximum Gasteiger partial charge on any atom is 0.224 e. The van der Waals surface area contributed by atoms with Crippen LogP contribution >= 0.6 is 24.0 Å². The highest BCUT2D eigenvalue weighted by molar-refractivity contribution is 6.32. The molecular formula is C13H20Cl2N2O3. The van der Waals surface area contributed by atoms with Crippen LogP contribution in [-0.2, 0) is 9.53 Å². The van der Waals surface area contributed by atoms with Crippen LogP contribution in [0.25, 0.3) is 0 Å². The second-order valence-corrected chi connectivity index (χ2v) is 4.33. The Morgan fingerprint density at radius 3 is 2.75 bits per heavy atom. The average molecular weight is 323 g/mol. The van der Waals surface area contributed by atoms with Gasteiger partial charge in [-0.2, -0.15) is 0 Å². The molecule has 0 spiro atoms. The predicted octanol–water partition coefficient (Wildman–Crippen LogP) is 2.46. The third-order valence-corrected chi connectivity index (χ3v) is 2.66. The lowest BCUT2D eigenvalue weighted by Crippen LogP contribution is -2.13. The molecule has 0 unspecified atom stereocenters. The standard InChI is InChI=1S/C13H19ClN2O3.ClH/c1-18-7-8-19-12-5-4-10(9-11(12)14)16-13(17)3-2-6-15;/h4-5,9H,2-3,6-8,15H2,1H3,(H,16,17);1H. The average Bonchev–Trinajstić information content (AvgIpc) is 2.39. The minimum atomic E-state index is -0.0745. The minimum Gasteiger partial charge on any atom is -0.490 e. The number of halogens is 2. The van der Waals surface area contributed by atoms with Gasteiger partial charge >= 0.3 is 0 Å². The van der Waals surface area contributed by atoms with Crippen LogP contribution in [0.4, 0.5) is 5.69 Å². The molecule has 0 saturated heterocycles. The van der Waals surface area contributed by atoms with E-state index in [0.717, 1.165) is 0 Å². The number of anilines is 1. The normalized spacial score (nSPS) is 9.75. The molecule has 7 heteroatoms. The van der Waals surface area contributed by atoms with Crippen molar-refractivity contribution in [3.63, 3.8) is 0 Å². The van der Waals surface area contributed by atoms with Crippen LogP contribution in [0.1, 0.15) is 12.8 Å². The molecule has 1 rings (SSSR count). The maximum atomic E-state index is 11.5. The first-order valence-corrected chi connectivity index (χ1v) is 6.46. The van der Waals surface area contributed by atoms with Crippen LogP contribution in [0.2, 0.25) is 5.02 Å². The third-order valence-electron chi connectivity index (χ3n) is 2.37. The Hall–Kier alpha value is -1.01. The van der Waals surface area contributed by atoms with Crippen molar-refractivity contribution in [2.24, 2.45) is 5.73 Å². The number of carbonyl (C=O) groups excluding carboxylic acids is 1. The Kier molecular flexibility index (Phi) is 10.2. The summed E-state index contributed by atoms with van der Waals surface area (Å²) in [6.07, 6.45) is 1.07. The maximum absolute atomic E-state index is 11.5. The molecule has 0 aromatic heterocycles. The molecule has 1 aromatic rings. The fourth-order valence-electron chi connectivity index (χ4n) is 1.42. The second-order valence-electron chi connectivity index (χ2n) is 3.93. The molecule has 1 aromatic carbocycles. The number of amides is 1. The van der Waals surface area contributed by atoms with Crippen LogP contribution in [0, 0.1) is 0 Å². The van der Waals surface area contributed by atoms with Crippen LogP contribution in [0.5, 0.6) is 5.75 Å². The molecule has 5 nitrogen and oxygen atoms in total. The molecule has 1 amide bonds. The van der Waals surface area contributed by atoms with Crippen molar-refractivity contribution < 1.29 is 14.3 Å². The van der Waals surface area contributed by atoms with Gasteiger partial charge in [-0.25, -0.2) is 0 Å². The van der Waals surface area contributed by atoms with Crippen LogP contribution < -0.4 is 15.8 Å². The highest BCUT2D eigenvalue weighted by atomic mass is 35.5. The van der Waals surface area contributed by atoms with Gasteiger partial charge in [-0.05, 0) is 31.2 Å². The van der Waals surface area contributed by atoms with E-state index < -0.39 is 0 Å². The van der Waals surface area contributed by atoms with E-state index in [1.165, 1.54) is 0 Å². The molecule has 0 bridgehead atoms. The number of rotatable bonds is 8. The number of benzene rings is 1. The molecule has 0 aliphatic carbocycles. The highest BCUT2D eigenvalue weighted by Gasteiger charge is 2.06. The van der Waals surface area contributed by atoms with Gasteiger partial charge < -0.3 is 20.5 Å². The Morgan fingerprint density at radius 2 is 2.15 bits per heavy atom. The van der Waals surface area contributed by atoms with E-state index >= 15 is 0 Å². The van der Waals surface area contributed by atoms with Gasteiger partial charge in [0.15, 0.2) is 0 Å².